The van der Waals surface area contributed by atoms with E-state index in [1.165, 1.54) is 13.2 Å². The largest absolute Gasteiger partial charge is 0.464 e. The van der Waals surface area contributed by atoms with Gasteiger partial charge in [-0.2, -0.15) is 0 Å². The molecule has 0 saturated carbocycles. The molecule has 84 valence electrons. The van der Waals surface area contributed by atoms with Crippen LogP contribution >= 0.6 is 22.6 Å². The smallest absolute Gasteiger partial charge is 0.355 e. The topological polar surface area (TPSA) is 42.1 Å². The number of methoxy groups -OCH3 is 1. The highest BCUT2D eigenvalue weighted by Gasteiger charge is 2.17. The van der Waals surface area contributed by atoms with Crippen LogP contribution < -0.4 is 0 Å². The third kappa shape index (κ3) is 1.68. The van der Waals surface area contributed by atoms with Crippen LogP contribution in [0.25, 0.3) is 10.9 Å². The van der Waals surface area contributed by atoms with E-state index < -0.39 is 5.97 Å². The summed E-state index contributed by atoms with van der Waals surface area (Å²) in [4.78, 5) is 14.3. The summed E-state index contributed by atoms with van der Waals surface area (Å²) in [5.74, 6) is -0.736. The molecule has 0 amide bonds. The SMILES string of the molecule is COC(=O)c1[nH]c2cc(F)c(C)cc2c1I. The first-order chi connectivity index (χ1) is 7.54. The van der Waals surface area contributed by atoms with Gasteiger partial charge in [0.1, 0.15) is 11.5 Å². The third-order valence-corrected chi connectivity index (χ3v) is 3.52. The van der Waals surface area contributed by atoms with Crippen LogP contribution in [0.4, 0.5) is 4.39 Å². The number of hydrogen-bond donors (Lipinski definition) is 1. The van der Waals surface area contributed by atoms with Crippen LogP contribution in [0.2, 0.25) is 0 Å². The number of fused-ring (bicyclic) bond motifs is 1. The lowest BCUT2D eigenvalue weighted by Gasteiger charge is -1.96. The minimum Gasteiger partial charge on any atom is -0.464 e. The van der Waals surface area contributed by atoms with Crippen LogP contribution in [0.5, 0.6) is 0 Å². The molecule has 0 spiro atoms. The Balaban J connectivity index is 2.73. The van der Waals surface area contributed by atoms with E-state index in [4.69, 9.17) is 0 Å². The number of halogens is 2. The monoisotopic (exact) mass is 333 g/mol. The van der Waals surface area contributed by atoms with Gasteiger partial charge in [-0.25, -0.2) is 9.18 Å². The van der Waals surface area contributed by atoms with Crippen molar-refractivity contribution in [2.75, 3.05) is 7.11 Å². The number of hydrogen-bond acceptors (Lipinski definition) is 2. The Hall–Kier alpha value is -1.11. The fraction of sp³-hybridized carbons (Fsp3) is 0.182. The first kappa shape index (κ1) is 11.4. The summed E-state index contributed by atoms with van der Waals surface area (Å²) >= 11 is 2.05. The first-order valence-corrected chi connectivity index (χ1v) is 5.68. The molecule has 0 bridgehead atoms. The van der Waals surface area contributed by atoms with E-state index in [0.717, 1.165) is 8.96 Å². The minimum absolute atomic E-state index is 0.290. The molecule has 0 aliphatic rings. The van der Waals surface area contributed by atoms with Crippen LogP contribution in [0.3, 0.4) is 0 Å². The molecule has 0 aliphatic carbocycles. The van der Waals surface area contributed by atoms with Crippen molar-refractivity contribution in [3.8, 4) is 0 Å². The van der Waals surface area contributed by atoms with Crippen LogP contribution in [-0.4, -0.2) is 18.1 Å². The molecule has 2 rings (SSSR count). The molecule has 0 saturated heterocycles. The zero-order valence-corrected chi connectivity index (χ0v) is 10.9. The normalized spacial score (nSPS) is 10.8. The van der Waals surface area contributed by atoms with Gasteiger partial charge in [0.25, 0.3) is 0 Å². The maximum absolute atomic E-state index is 13.3. The first-order valence-electron chi connectivity index (χ1n) is 4.60. The maximum atomic E-state index is 13.3. The molecule has 1 aromatic heterocycles. The number of aryl methyl sites for hydroxylation is 1. The summed E-state index contributed by atoms with van der Waals surface area (Å²) in [5, 5.41) is 0.833. The van der Waals surface area contributed by atoms with Crippen molar-refractivity contribution in [1.82, 2.24) is 4.98 Å². The highest BCUT2D eigenvalue weighted by Crippen LogP contribution is 2.26. The van der Waals surface area contributed by atoms with Gasteiger partial charge in [0.05, 0.1) is 16.2 Å². The van der Waals surface area contributed by atoms with E-state index in [2.05, 4.69) is 9.72 Å². The molecule has 16 heavy (non-hydrogen) atoms. The number of benzene rings is 1. The summed E-state index contributed by atoms with van der Waals surface area (Å²) in [5.41, 5.74) is 1.52. The standard InChI is InChI=1S/C11H9FINO2/c1-5-3-6-8(4-7(5)12)14-10(9(6)13)11(15)16-2/h3-4,14H,1-2H3. The quantitative estimate of drug-likeness (QED) is 0.644. The molecule has 1 heterocycles. The van der Waals surface area contributed by atoms with Crippen LogP contribution in [0.1, 0.15) is 16.1 Å². The Morgan fingerprint density at radius 2 is 2.19 bits per heavy atom. The van der Waals surface area contributed by atoms with Gasteiger partial charge in [-0.3, -0.25) is 0 Å². The second-order valence-corrected chi connectivity index (χ2v) is 4.53. The van der Waals surface area contributed by atoms with Gasteiger partial charge in [0, 0.05) is 5.39 Å². The third-order valence-electron chi connectivity index (χ3n) is 2.40. The highest BCUT2D eigenvalue weighted by molar-refractivity contribution is 14.1. The molecule has 0 radical (unpaired) electrons. The number of nitrogens with one attached hydrogen (secondary N) is 1. The van der Waals surface area contributed by atoms with Crippen molar-refractivity contribution < 1.29 is 13.9 Å². The zero-order chi connectivity index (χ0) is 11.9. The average molecular weight is 333 g/mol. The molecule has 5 heteroatoms. The van der Waals surface area contributed by atoms with E-state index in [9.17, 15) is 9.18 Å². The second kappa shape index (κ2) is 4.04. The molecule has 0 unspecified atom stereocenters. The van der Waals surface area contributed by atoms with Crippen molar-refractivity contribution >= 4 is 39.5 Å². The Labute approximate surface area is 105 Å². The molecular formula is C11H9FINO2. The lowest BCUT2D eigenvalue weighted by Crippen LogP contribution is -2.02. The Kier molecular flexibility index (Phi) is 2.88. The molecule has 1 aromatic carbocycles. The minimum atomic E-state index is -0.446. The highest BCUT2D eigenvalue weighted by atomic mass is 127. The molecule has 1 N–H and O–H groups in total. The van der Waals surface area contributed by atoms with Gasteiger partial charge in [0.15, 0.2) is 0 Å². The molecule has 2 aromatic rings. The van der Waals surface area contributed by atoms with E-state index in [1.807, 2.05) is 22.6 Å². The van der Waals surface area contributed by atoms with Crippen molar-refractivity contribution in [2.24, 2.45) is 0 Å². The predicted molar refractivity (Wildman–Crippen MR) is 67.1 cm³/mol. The number of aromatic nitrogens is 1. The van der Waals surface area contributed by atoms with Crippen LogP contribution in [-0.2, 0) is 4.74 Å². The van der Waals surface area contributed by atoms with E-state index in [0.29, 0.717) is 16.8 Å². The van der Waals surface area contributed by atoms with Gasteiger partial charge in [-0.05, 0) is 47.2 Å². The Morgan fingerprint density at radius 3 is 2.81 bits per heavy atom. The van der Waals surface area contributed by atoms with Gasteiger partial charge in [-0.1, -0.05) is 0 Å². The number of carbonyl (C=O) groups excluding carboxylic acids is 1. The molecule has 0 aliphatic heterocycles. The summed E-state index contributed by atoms with van der Waals surface area (Å²) in [6, 6.07) is 3.11. The Bertz CT molecular complexity index is 577. The summed E-state index contributed by atoms with van der Waals surface area (Å²) in [7, 11) is 1.32. The fourth-order valence-corrected chi connectivity index (χ4v) is 2.33. The Morgan fingerprint density at radius 1 is 1.50 bits per heavy atom. The van der Waals surface area contributed by atoms with E-state index in [1.54, 1.807) is 13.0 Å². The van der Waals surface area contributed by atoms with E-state index >= 15 is 0 Å². The average Bonchev–Trinajstić information content (AvgIpc) is 2.56. The molecule has 0 fully saturated rings. The van der Waals surface area contributed by atoms with Gasteiger partial charge in [-0.15, -0.1) is 0 Å². The predicted octanol–water partition coefficient (Wildman–Crippen LogP) is 3.01. The summed E-state index contributed by atoms with van der Waals surface area (Å²) in [6.45, 7) is 1.69. The molecule has 0 atom stereocenters. The number of carbonyl (C=O) groups is 1. The number of aromatic amines is 1. The number of esters is 1. The van der Waals surface area contributed by atoms with Gasteiger partial charge in [0.2, 0.25) is 0 Å². The zero-order valence-electron chi connectivity index (χ0n) is 8.73. The van der Waals surface area contributed by atoms with Crippen molar-refractivity contribution in [3.05, 3.63) is 32.8 Å². The van der Waals surface area contributed by atoms with Crippen LogP contribution in [0, 0.1) is 16.3 Å². The number of ether oxygens (including phenoxy) is 1. The van der Waals surface area contributed by atoms with E-state index in [-0.39, 0.29) is 5.82 Å². The van der Waals surface area contributed by atoms with Gasteiger partial charge >= 0.3 is 5.97 Å². The molecule has 3 nitrogen and oxygen atoms in total. The lowest BCUT2D eigenvalue weighted by atomic mass is 10.1. The summed E-state index contributed by atoms with van der Waals surface area (Å²) < 4.78 is 18.7. The van der Waals surface area contributed by atoms with Crippen molar-refractivity contribution in [3.63, 3.8) is 0 Å². The molecular weight excluding hydrogens is 324 g/mol. The van der Waals surface area contributed by atoms with Gasteiger partial charge < -0.3 is 9.72 Å². The number of H-pyrrole nitrogens is 1. The second-order valence-electron chi connectivity index (χ2n) is 3.45. The maximum Gasteiger partial charge on any atom is 0.355 e. The number of rotatable bonds is 1. The summed E-state index contributed by atoms with van der Waals surface area (Å²) in [6.07, 6.45) is 0. The van der Waals surface area contributed by atoms with Crippen molar-refractivity contribution in [1.29, 1.82) is 0 Å². The van der Waals surface area contributed by atoms with Crippen molar-refractivity contribution in [2.45, 2.75) is 6.92 Å². The van der Waals surface area contributed by atoms with Crippen LogP contribution in [0.15, 0.2) is 12.1 Å². The lowest BCUT2D eigenvalue weighted by molar-refractivity contribution is 0.0594. The fourth-order valence-electron chi connectivity index (χ4n) is 1.53.